The summed E-state index contributed by atoms with van der Waals surface area (Å²) >= 11 is 0. The van der Waals surface area contributed by atoms with Crippen molar-refractivity contribution >= 4 is 11.7 Å². The highest BCUT2D eigenvalue weighted by Gasteiger charge is 2.27. The Hall–Kier alpha value is -2.58. The number of carbonyl (C=O) groups is 1. The van der Waals surface area contributed by atoms with Crippen molar-refractivity contribution in [2.75, 3.05) is 11.9 Å². The van der Waals surface area contributed by atoms with E-state index in [1.165, 1.54) is 12.4 Å². The Morgan fingerprint density at radius 1 is 1.29 bits per heavy atom. The number of hydrogen-bond acceptors (Lipinski definition) is 3. The molecule has 0 aliphatic heterocycles. The summed E-state index contributed by atoms with van der Waals surface area (Å²) in [5.74, 6) is 0. The second-order valence-electron chi connectivity index (χ2n) is 4.20. The van der Waals surface area contributed by atoms with E-state index in [1.54, 1.807) is 22.4 Å². The van der Waals surface area contributed by atoms with Crippen molar-refractivity contribution in [2.45, 2.75) is 12.7 Å². The number of pyridine rings is 1. The van der Waals surface area contributed by atoms with Crippen LogP contribution in [0.2, 0.25) is 0 Å². The number of halogens is 3. The van der Waals surface area contributed by atoms with Crippen LogP contribution in [0.4, 0.5) is 23.7 Å². The van der Waals surface area contributed by atoms with Crippen molar-refractivity contribution in [3.05, 3.63) is 42.5 Å². The topological polar surface area (TPSA) is 71.8 Å². The standard InChI is InChI=1S/C12H12F3N5O/c13-12(14,15)8-17-11(21)19-10-5-18-20(7-10)6-9-1-3-16-4-2-9/h1-5,7H,6,8H2,(H2,17,19,21). The van der Waals surface area contributed by atoms with Crippen molar-refractivity contribution in [3.8, 4) is 0 Å². The van der Waals surface area contributed by atoms with E-state index in [9.17, 15) is 18.0 Å². The van der Waals surface area contributed by atoms with Crippen LogP contribution < -0.4 is 10.6 Å². The molecule has 0 unspecified atom stereocenters. The Bertz CT molecular complexity index is 596. The van der Waals surface area contributed by atoms with Crippen LogP contribution in [0.3, 0.4) is 0 Å². The molecule has 2 heterocycles. The van der Waals surface area contributed by atoms with Crippen molar-refractivity contribution < 1.29 is 18.0 Å². The van der Waals surface area contributed by atoms with E-state index in [0.29, 0.717) is 12.2 Å². The summed E-state index contributed by atoms with van der Waals surface area (Å²) in [6, 6.07) is 2.69. The highest BCUT2D eigenvalue weighted by atomic mass is 19.4. The van der Waals surface area contributed by atoms with Gasteiger partial charge in [-0.05, 0) is 17.7 Å². The number of carbonyl (C=O) groups excluding carboxylic acids is 1. The number of nitrogens with zero attached hydrogens (tertiary/aromatic N) is 3. The molecule has 6 nitrogen and oxygen atoms in total. The van der Waals surface area contributed by atoms with E-state index >= 15 is 0 Å². The summed E-state index contributed by atoms with van der Waals surface area (Å²) < 4.78 is 37.4. The largest absolute Gasteiger partial charge is 0.405 e. The first-order valence-electron chi connectivity index (χ1n) is 5.95. The third-order valence-corrected chi connectivity index (χ3v) is 2.43. The maximum atomic E-state index is 11.9. The molecule has 0 radical (unpaired) electrons. The number of aromatic nitrogens is 3. The fourth-order valence-corrected chi connectivity index (χ4v) is 1.55. The van der Waals surface area contributed by atoms with Crippen LogP contribution in [0.15, 0.2) is 36.9 Å². The van der Waals surface area contributed by atoms with Crippen molar-refractivity contribution in [1.82, 2.24) is 20.1 Å². The minimum atomic E-state index is -4.44. The van der Waals surface area contributed by atoms with Crippen molar-refractivity contribution in [3.63, 3.8) is 0 Å². The van der Waals surface area contributed by atoms with Gasteiger partial charge in [0.05, 0.1) is 18.4 Å². The van der Waals surface area contributed by atoms with Gasteiger partial charge in [0.25, 0.3) is 0 Å². The van der Waals surface area contributed by atoms with Gasteiger partial charge >= 0.3 is 12.2 Å². The summed E-state index contributed by atoms with van der Waals surface area (Å²) in [6.07, 6.45) is 1.72. The number of rotatable bonds is 4. The van der Waals surface area contributed by atoms with Gasteiger partial charge in [-0.1, -0.05) is 0 Å². The average molecular weight is 299 g/mol. The number of urea groups is 1. The first-order chi connectivity index (χ1) is 9.92. The quantitative estimate of drug-likeness (QED) is 0.907. The predicted molar refractivity (Wildman–Crippen MR) is 68.6 cm³/mol. The number of amides is 2. The molecule has 112 valence electrons. The van der Waals surface area contributed by atoms with E-state index in [0.717, 1.165) is 5.56 Å². The first kappa shape index (κ1) is 14.8. The van der Waals surface area contributed by atoms with E-state index in [1.807, 2.05) is 12.1 Å². The highest BCUT2D eigenvalue weighted by Crippen LogP contribution is 2.12. The molecule has 0 aromatic carbocycles. The molecule has 9 heteroatoms. The summed E-state index contributed by atoms with van der Waals surface area (Å²) in [5.41, 5.74) is 1.27. The molecule has 2 rings (SSSR count). The maximum Gasteiger partial charge on any atom is 0.405 e. The average Bonchev–Trinajstić information content (AvgIpc) is 2.84. The molecule has 0 aliphatic rings. The smallest absolute Gasteiger partial charge is 0.329 e. The normalized spacial score (nSPS) is 11.2. The first-order valence-corrected chi connectivity index (χ1v) is 5.95. The zero-order valence-electron chi connectivity index (χ0n) is 10.8. The highest BCUT2D eigenvalue weighted by molar-refractivity contribution is 5.88. The van der Waals surface area contributed by atoms with Crippen LogP contribution >= 0.6 is 0 Å². The van der Waals surface area contributed by atoms with Gasteiger partial charge in [-0.3, -0.25) is 9.67 Å². The van der Waals surface area contributed by atoms with Gasteiger partial charge in [0.2, 0.25) is 0 Å². The van der Waals surface area contributed by atoms with Gasteiger partial charge in [0.15, 0.2) is 0 Å². The van der Waals surface area contributed by atoms with E-state index < -0.39 is 18.8 Å². The minimum absolute atomic E-state index is 0.309. The predicted octanol–water partition coefficient (Wildman–Crippen LogP) is 2.01. The Morgan fingerprint density at radius 2 is 2.00 bits per heavy atom. The summed E-state index contributed by atoms with van der Waals surface area (Å²) in [6.45, 7) is -0.918. The lowest BCUT2D eigenvalue weighted by Gasteiger charge is -2.08. The van der Waals surface area contributed by atoms with Gasteiger partial charge in [0, 0.05) is 18.6 Å². The second kappa shape index (κ2) is 6.25. The summed E-state index contributed by atoms with van der Waals surface area (Å²) in [7, 11) is 0. The third-order valence-electron chi connectivity index (χ3n) is 2.43. The van der Waals surface area contributed by atoms with Gasteiger partial charge in [-0.2, -0.15) is 18.3 Å². The van der Waals surface area contributed by atoms with Crippen LogP contribution in [0.25, 0.3) is 0 Å². The summed E-state index contributed by atoms with van der Waals surface area (Å²) in [5, 5.41) is 7.99. The summed E-state index contributed by atoms with van der Waals surface area (Å²) in [4.78, 5) is 15.1. The lowest BCUT2D eigenvalue weighted by atomic mass is 10.3. The molecule has 2 N–H and O–H groups in total. The second-order valence-corrected chi connectivity index (χ2v) is 4.20. The molecule has 0 saturated carbocycles. The Labute approximate surface area is 118 Å². The van der Waals surface area contributed by atoms with E-state index in [4.69, 9.17) is 0 Å². The lowest BCUT2D eigenvalue weighted by Crippen LogP contribution is -2.36. The third kappa shape index (κ3) is 5.13. The zero-order chi connectivity index (χ0) is 15.3. The van der Waals surface area contributed by atoms with Gasteiger partial charge < -0.3 is 10.6 Å². The zero-order valence-corrected chi connectivity index (χ0v) is 10.8. The number of nitrogens with one attached hydrogen (secondary N) is 2. The Kier molecular flexibility index (Phi) is 4.41. The Balaban J connectivity index is 1.87. The van der Waals surface area contributed by atoms with E-state index in [-0.39, 0.29) is 0 Å². The van der Waals surface area contributed by atoms with Crippen LogP contribution in [-0.2, 0) is 6.54 Å². The van der Waals surface area contributed by atoms with Crippen LogP contribution in [0.5, 0.6) is 0 Å². The van der Waals surface area contributed by atoms with Crippen LogP contribution in [-0.4, -0.2) is 33.5 Å². The maximum absolute atomic E-state index is 11.9. The molecular formula is C12H12F3N5O. The molecule has 0 bridgehead atoms. The van der Waals surface area contributed by atoms with Gasteiger partial charge in [-0.25, -0.2) is 4.79 Å². The molecule has 0 spiro atoms. The SMILES string of the molecule is O=C(NCC(F)(F)F)Nc1cnn(Cc2ccncc2)c1. The molecule has 2 aromatic rings. The molecule has 0 fully saturated rings. The van der Waals surface area contributed by atoms with Gasteiger partial charge in [0.1, 0.15) is 6.54 Å². The van der Waals surface area contributed by atoms with Crippen LogP contribution in [0.1, 0.15) is 5.56 Å². The molecule has 0 aliphatic carbocycles. The molecule has 0 saturated heterocycles. The fourth-order valence-electron chi connectivity index (χ4n) is 1.55. The molecule has 21 heavy (non-hydrogen) atoms. The fraction of sp³-hybridized carbons (Fsp3) is 0.250. The van der Waals surface area contributed by atoms with Crippen molar-refractivity contribution in [2.24, 2.45) is 0 Å². The molecule has 2 aromatic heterocycles. The Morgan fingerprint density at radius 3 is 2.67 bits per heavy atom. The molecule has 2 amide bonds. The molecular weight excluding hydrogens is 287 g/mol. The number of hydrogen-bond donors (Lipinski definition) is 2. The number of alkyl halides is 3. The monoisotopic (exact) mass is 299 g/mol. The minimum Gasteiger partial charge on any atom is -0.329 e. The molecule has 0 atom stereocenters. The van der Waals surface area contributed by atoms with Crippen LogP contribution in [0, 0.1) is 0 Å². The van der Waals surface area contributed by atoms with Crippen molar-refractivity contribution in [1.29, 1.82) is 0 Å². The lowest BCUT2D eigenvalue weighted by molar-refractivity contribution is -0.122. The number of anilines is 1. The van der Waals surface area contributed by atoms with Gasteiger partial charge in [-0.15, -0.1) is 0 Å². The van der Waals surface area contributed by atoms with E-state index in [2.05, 4.69) is 15.4 Å².